The number of imidazole rings is 1. The lowest BCUT2D eigenvalue weighted by atomic mass is 10.1. The Kier molecular flexibility index (Phi) is 5.74. The quantitative estimate of drug-likeness (QED) is 0.774. The van der Waals surface area contributed by atoms with Gasteiger partial charge in [-0.3, -0.25) is 9.59 Å². The molecule has 6 nitrogen and oxygen atoms in total. The van der Waals surface area contributed by atoms with E-state index in [1.807, 2.05) is 46.3 Å². The molecule has 0 spiro atoms. The van der Waals surface area contributed by atoms with E-state index in [9.17, 15) is 9.59 Å². The molecule has 0 radical (unpaired) electrons. The molecule has 1 aromatic carbocycles. The van der Waals surface area contributed by atoms with Crippen molar-refractivity contribution in [1.82, 2.24) is 19.4 Å². The summed E-state index contributed by atoms with van der Waals surface area (Å²) in [6.07, 6.45) is 8.88. The maximum absolute atomic E-state index is 12.8. The molecule has 0 bridgehead atoms. The molecule has 3 heterocycles. The van der Waals surface area contributed by atoms with Crippen LogP contribution in [0.25, 0.3) is 11.4 Å². The minimum absolute atomic E-state index is 0.108. The first-order valence-corrected chi connectivity index (χ1v) is 10.4. The van der Waals surface area contributed by atoms with E-state index in [4.69, 9.17) is 0 Å². The summed E-state index contributed by atoms with van der Waals surface area (Å²) in [6.45, 7) is 3.15. The number of likely N-dealkylation sites (tertiary alicyclic amines) is 2. The van der Waals surface area contributed by atoms with Crippen molar-refractivity contribution >= 4 is 11.8 Å². The van der Waals surface area contributed by atoms with Gasteiger partial charge >= 0.3 is 0 Å². The van der Waals surface area contributed by atoms with Crippen LogP contribution in [-0.4, -0.2) is 56.8 Å². The Labute approximate surface area is 166 Å². The van der Waals surface area contributed by atoms with Gasteiger partial charge in [0.25, 0.3) is 0 Å². The molecule has 0 aliphatic carbocycles. The van der Waals surface area contributed by atoms with E-state index < -0.39 is 0 Å². The summed E-state index contributed by atoms with van der Waals surface area (Å²) >= 11 is 0. The lowest BCUT2D eigenvalue weighted by Crippen LogP contribution is -2.46. The second-order valence-corrected chi connectivity index (χ2v) is 7.69. The monoisotopic (exact) mass is 380 g/mol. The molecule has 0 saturated carbocycles. The first-order valence-electron chi connectivity index (χ1n) is 10.4. The van der Waals surface area contributed by atoms with Crippen molar-refractivity contribution in [3.05, 3.63) is 42.7 Å². The third-order valence-electron chi connectivity index (χ3n) is 5.81. The number of carbonyl (C=O) groups excluding carboxylic acids is 2. The van der Waals surface area contributed by atoms with E-state index in [0.717, 1.165) is 63.1 Å². The predicted molar refractivity (Wildman–Crippen MR) is 107 cm³/mol. The Morgan fingerprint density at radius 1 is 1.04 bits per heavy atom. The average Bonchev–Trinajstić information content (AvgIpc) is 3.49. The maximum Gasteiger partial charge on any atom is 0.245 e. The highest BCUT2D eigenvalue weighted by Crippen LogP contribution is 2.23. The van der Waals surface area contributed by atoms with E-state index in [1.165, 1.54) is 0 Å². The van der Waals surface area contributed by atoms with E-state index in [0.29, 0.717) is 13.0 Å². The summed E-state index contributed by atoms with van der Waals surface area (Å²) < 4.78 is 2.10. The van der Waals surface area contributed by atoms with Crippen LogP contribution < -0.4 is 0 Å². The molecule has 4 rings (SSSR count). The Balaban J connectivity index is 1.32. The van der Waals surface area contributed by atoms with Crippen LogP contribution in [0.3, 0.4) is 0 Å². The molecule has 148 valence electrons. The van der Waals surface area contributed by atoms with Crippen molar-refractivity contribution in [2.24, 2.45) is 0 Å². The second kappa shape index (κ2) is 8.59. The second-order valence-electron chi connectivity index (χ2n) is 7.69. The molecule has 2 saturated heterocycles. The van der Waals surface area contributed by atoms with E-state index >= 15 is 0 Å². The van der Waals surface area contributed by atoms with Crippen molar-refractivity contribution < 1.29 is 9.59 Å². The number of aryl methyl sites for hydroxylation is 1. The molecule has 0 unspecified atom stereocenters. The van der Waals surface area contributed by atoms with Gasteiger partial charge in [-0.25, -0.2) is 4.98 Å². The van der Waals surface area contributed by atoms with Crippen LogP contribution in [0, 0.1) is 0 Å². The molecule has 28 heavy (non-hydrogen) atoms. The Bertz CT molecular complexity index is 811. The predicted octanol–water partition coefficient (Wildman–Crippen LogP) is 2.94. The Hall–Kier alpha value is -2.63. The highest BCUT2D eigenvalue weighted by atomic mass is 16.2. The molecule has 2 fully saturated rings. The summed E-state index contributed by atoms with van der Waals surface area (Å²) in [7, 11) is 0. The fourth-order valence-corrected chi connectivity index (χ4v) is 4.35. The highest BCUT2D eigenvalue weighted by Gasteiger charge is 2.36. The average molecular weight is 380 g/mol. The topological polar surface area (TPSA) is 58.4 Å². The van der Waals surface area contributed by atoms with E-state index in [1.54, 1.807) is 6.20 Å². The first kappa shape index (κ1) is 18.7. The van der Waals surface area contributed by atoms with Gasteiger partial charge in [-0.1, -0.05) is 30.3 Å². The third-order valence-corrected chi connectivity index (χ3v) is 5.81. The summed E-state index contributed by atoms with van der Waals surface area (Å²) in [5.74, 6) is 1.19. The normalized spacial score (nSPS) is 19.4. The number of benzene rings is 1. The van der Waals surface area contributed by atoms with Crippen molar-refractivity contribution in [1.29, 1.82) is 0 Å². The summed E-state index contributed by atoms with van der Waals surface area (Å²) in [4.78, 5) is 33.8. The minimum atomic E-state index is -0.237. The summed E-state index contributed by atoms with van der Waals surface area (Å²) in [5.41, 5.74) is 1.08. The Morgan fingerprint density at radius 3 is 2.61 bits per heavy atom. The molecule has 2 amide bonds. The molecular weight excluding hydrogens is 352 g/mol. The number of nitrogens with zero attached hydrogens (tertiary/aromatic N) is 4. The van der Waals surface area contributed by atoms with Crippen molar-refractivity contribution in [2.75, 3.05) is 19.6 Å². The smallest absolute Gasteiger partial charge is 0.245 e. The van der Waals surface area contributed by atoms with Gasteiger partial charge in [0, 0.05) is 50.6 Å². The molecule has 1 aromatic heterocycles. The molecule has 0 N–H and O–H groups in total. The maximum atomic E-state index is 12.8. The van der Waals surface area contributed by atoms with Gasteiger partial charge in [0.15, 0.2) is 0 Å². The molecule has 2 aromatic rings. The van der Waals surface area contributed by atoms with Crippen molar-refractivity contribution in [2.45, 2.75) is 51.1 Å². The standard InChI is InChI=1S/C22H28N4O2/c27-20(26-16-6-10-19(26)22(28)25-13-4-5-14-25)11-7-15-24-17-12-23-21(24)18-8-2-1-3-9-18/h1-3,8-9,12,17,19H,4-7,10-11,13-16H2/t19-/m0/s1. The number of hydrogen-bond acceptors (Lipinski definition) is 3. The van der Waals surface area contributed by atoms with Gasteiger partial charge in [-0.05, 0) is 32.1 Å². The summed E-state index contributed by atoms with van der Waals surface area (Å²) in [6, 6.07) is 9.85. The number of amides is 2. The molecule has 2 aliphatic heterocycles. The van der Waals surface area contributed by atoms with Crippen LogP contribution in [0.2, 0.25) is 0 Å². The van der Waals surface area contributed by atoms with E-state index in [2.05, 4.69) is 9.55 Å². The van der Waals surface area contributed by atoms with Crippen LogP contribution in [0.5, 0.6) is 0 Å². The minimum Gasteiger partial charge on any atom is -0.341 e. The van der Waals surface area contributed by atoms with Gasteiger partial charge in [-0.2, -0.15) is 0 Å². The van der Waals surface area contributed by atoms with Gasteiger partial charge in [0.05, 0.1) is 0 Å². The van der Waals surface area contributed by atoms with Crippen LogP contribution in [-0.2, 0) is 16.1 Å². The van der Waals surface area contributed by atoms with Crippen molar-refractivity contribution in [3.63, 3.8) is 0 Å². The Morgan fingerprint density at radius 2 is 1.82 bits per heavy atom. The largest absolute Gasteiger partial charge is 0.341 e. The van der Waals surface area contributed by atoms with E-state index in [-0.39, 0.29) is 17.9 Å². The van der Waals surface area contributed by atoms with Gasteiger partial charge in [-0.15, -0.1) is 0 Å². The van der Waals surface area contributed by atoms with Crippen LogP contribution in [0.15, 0.2) is 42.7 Å². The van der Waals surface area contributed by atoms with Gasteiger partial charge in [0.1, 0.15) is 11.9 Å². The number of aromatic nitrogens is 2. The fourth-order valence-electron chi connectivity index (χ4n) is 4.35. The number of rotatable bonds is 6. The molecular formula is C22H28N4O2. The highest BCUT2D eigenvalue weighted by molar-refractivity contribution is 5.88. The molecule has 6 heteroatoms. The fraction of sp³-hybridized carbons (Fsp3) is 0.500. The lowest BCUT2D eigenvalue weighted by molar-refractivity contribution is -0.143. The summed E-state index contributed by atoms with van der Waals surface area (Å²) in [5, 5.41) is 0. The van der Waals surface area contributed by atoms with Crippen molar-refractivity contribution in [3.8, 4) is 11.4 Å². The lowest BCUT2D eigenvalue weighted by Gasteiger charge is -2.28. The zero-order chi connectivity index (χ0) is 19.3. The first-order chi connectivity index (χ1) is 13.7. The SMILES string of the molecule is O=C([C@@H]1CCCN1C(=O)CCCn1ccnc1-c1ccccc1)N1CCCC1. The zero-order valence-electron chi connectivity index (χ0n) is 16.3. The van der Waals surface area contributed by atoms with Gasteiger partial charge < -0.3 is 14.4 Å². The molecule has 2 aliphatic rings. The zero-order valence-corrected chi connectivity index (χ0v) is 16.3. The van der Waals surface area contributed by atoms with Gasteiger partial charge in [0.2, 0.25) is 11.8 Å². The van der Waals surface area contributed by atoms with Crippen LogP contribution in [0.4, 0.5) is 0 Å². The van der Waals surface area contributed by atoms with Crippen LogP contribution in [0.1, 0.15) is 38.5 Å². The number of carbonyl (C=O) groups is 2. The molecule has 1 atom stereocenters. The van der Waals surface area contributed by atoms with Crippen LogP contribution >= 0.6 is 0 Å². The number of hydrogen-bond donors (Lipinski definition) is 0. The third kappa shape index (κ3) is 3.96.